The molecule has 0 saturated carbocycles. The predicted octanol–water partition coefficient (Wildman–Crippen LogP) is 4.29. The van der Waals surface area contributed by atoms with Gasteiger partial charge in [0.2, 0.25) is 5.89 Å². The molecule has 0 aliphatic carbocycles. The van der Waals surface area contributed by atoms with E-state index in [1.165, 1.54) is 5.56 Å². The second-order valence-corrected chi connectivity index (χ2v) is 7.38. The van der Waals surface area contributed by atoms with Gasteiger partial charge >= 0.3 is 6.03 Å². The molecule has 3 aromatic rings. The van der Waals surface area contributed by atoms with Crippen molar-refractivity contribution in [1.82, 2.24) is 20.4 Å². The molecular formula is C23H26N4O2. The van der Waals surface area contributed by atoms with E-state index in [-0.39, 0.29) is 12.1 Å². The van der Waals surface area contributed by atoms with E-state index < -0.39 is 0 Å². The monoisotopic (exact) mass is 390 g/mol. The van der Waals surface area contributed by atoms with Gasteiger partial charge in [0.15, 0.2) is 5.82 Å². The van der Waals surface area contributed by atoms with E-state index in [4.69, 9.17) is 4.52 Å². The standard InChI is InChI=1S/C23H26N4O2/c28-23(24-17-19-11-5-2-6-12-19)27-16-8-14-20(27)22-25-21(26-29-22)15-7-13-18-9-3-1-4-10-18/h1-6,9-12,20H,7-8,13-17H2,(H,24,28). The van der Waals surface area contributed by atoms with Gasteiger partial charge in [-0.15, -0.1) is 0 Å². The van der Waals surface area contributed by atoms with Gasteiger partial charge in [-0.25, -0.2) is 4.79 Å². The van der Waals surface area contributed by atoms with E-state index in [1.807, 2.05) is 41.3 Å². The summed E-state index contributed by atoms with van der Waals surface area (Å²) in [5, 5.41) is 7.13. The molecule has 0 spiro atoms. The molecule has 2 heterocycles. The maximum Gasteiger partial charge on any atom is 0.318 e. The summed E-state index contributed by atoms with van der Waals surface area (Å²) in [5.41, 5.74) is 2.39. The van der Waals surface area contributed by atoms with Gasteiger partial charge in [-0.1, -0.05) is 65.8 Å². The van der Waals surface area contributed by atoms with Gasteiger partial charge in [0.25, 0.3) is 0 Å². The molecule has 1 fully saturated rings. The minimum atomic E-state index is -0.138. The minimum absolute atomic E-state index is 0.0832. The molecule has 2 amide bonds. The van der Waals surface area contributed by atoms with E-state index in [0.717, 1.165) is 37.7 Å². The highest BCUT2D eigenvalue weighted by atomic mass is 16.5. The molecule has 4 rings (SSSR count). The van der Waals surface area contributed by atoms with Crippen LogP contribution in [0.15, 0.2) is 65.2 Å². The van der Waals surface area contributed by atoms with Crippen molar-refractivity contribution in [1.29, 1.82) is 0 Å². The fourth-order valence-electron chi connectivity index (χ4n) is 3.74. The van der Waals surface area contributed by atoms with Gasteiger partial charge in [-0.05, 0) is 36.8 Å². The fourth-order valence-corrected chi connectivity index (χ4v) is 3.74. The number of rotatable bonds is 7. The first-order chi connectivity index (χ1) is 14.3. The van der Waals surface area contributed by atoms with Gasteiger partial charge in [0, 0.05) is 19.5 Å². The Morgan fingerprint density at radius 1 is 1.03 bits per heavy atom. The van der Waals surface area contributed by atoms with Crippen LogP contribution in [0.25, 0.3) is 0 Å². The van der Waals surface area contributed by atoms with Crippen LogP contribution in [0.2, 0.25) is 0 Å². The summed E-state index contributed by atoms with van der Waals surface area (Å²) in [7, 11) is 0. The van der Waals surface area contributed by atoms with Crippen molar-refractivity contribution in [2.45, 2.75) is 44.7 Å². The number of likely N-dealkylation sites (tertiary alicyclic amines) is 1. The molecule has 6 nitrogen and oxygen atoms in total. The van der Waals surface area contributed by atoms with Gasteiger partial charge in [0.1, 0.15) is 6.04 Å². The summed E-state index contributed by atoms with van der Waals surface area (Å²) in [4.78, 5) is 19.0. The Bertz CT molecular complexity index is 911. The molecule has 29 heavy (non-hydrogen) atoms. The molecule has 2 aromatic carbocycles. The van der Waals surface area contributed by atoms with Crippen LogP contribution < -0.4 is 5.32 Å². The van der Waals surface area contributed by atoms with Crippen LogP contribution in [0.1, 0.15) is 48.1 Å². The van der Waals surface area contributed by atoms with Crippen LogP contribution in [0.5, 0.6) is 0 Å². The maximum atomic E-state index is 12.7. The lowest BCUT2D eigenvalue weighted by Gasteiger charge is -2.22. The van der Waals surface area contributed by atoms with E-state index in [2.05, 4.69) is 39.7 Å². The summed E-state index contributed by atoms with van der Waals surface area (Å²) in [6.45, 7) is 1.22. The summed E-state index contributed by atoms with van der Waals surface area (Å²) < 4.78 is 5.51. The second-order valence-electron chi connectivity index (χ2n) is 7.38. The first kappa shape index (κ1) is 19.2. The summed E-state index contributed by atoms with van der Waals surface area (Å²) in [6.07, 6.45) is 4.52. The molecule has 0 bridgehead atoms. The number of aryl methyl sites for hydroxylation is 2. The number of aromatic nitrogens is 2. The lowest BCUT2D eigenvalue weighted by molar-refractivity contribution is 0.180. The second kappa shape index (κ2) is 9.37. The molecule has 1 aliphatic heterocycles. The SMILES string of the molecule is O=C(NCc1ccccc1)N1CCCC1c1nc(CCCc2ccccc2)no1. The number of nitrogens with zero attached hydrogens (tertiary/aromatic N) is 3. The number of benzene rings is 2. The lowest BCUT2D eigenvalue weighted by atomic mass is 10.1. The molecule has 1 saturated heterocycles. The lowest BCUT2D eigenvalue weighted by Crippen LogP contribution is -2.39. The van der Waals surface area contributed by atoms with E-state index in [9.17, 15) is 4.79 Å². The van der Waals surface area contributed by atoms with Gasteiger partial charge in [-0.2, -0.15) is 4.98 Å². The Morgan fingerprint density at radius 3 is 2.52 bits per heavy atom. The Hall–Kier alpha value is -3.15. The molecule has 1 aliphatic rings. The van der Waals surface area contributed by atoms with Crippen LogP contribution in [0.4, 0.5) is 4.79 Å². The Labute approximate surface area is 170 Å². The number of amides is 2. The minimum Gasteiger partial charge on any atom is -0.337 e. The Balaban J connectivity index is 1.31. The third-order valence-corrected chi connectivity index (χ3v) is 5.28. The quantitative estimate of drug-likeness (QED) is 0.653. The molecule has 0 radical (unpaired) electrons. The largest absolute Gasteiger partial charge is 0.337 e. The smallest absolute Gasteiger partial charge is 0.318 e. The first-order valence-corrected chi connectivity index (χ1v) is 10.2. The topological polar surface area (TPSA) is 71.3 Å². The Kier molecular flexibility index (Phi) is 6.19. The van der Waals surface area contributed by atoms with Crippen molar-refractivity contribution in [3.63, 3.8) is 0 Å². The molecular weight excluding hydrogens is 364 g/mol. The number of urea groups is 1. The normalized spacial score (nSPS) is 16.1. The molecule has 150 valence electrons. The highest BCUT2D eigenvalue weighted by Gasteiger charge is 2.33. The molecule has 1 unspecified atom stereocenters. The van der Waals surface area contributed by atoms with Crippen LogP contribution >= 0.6 is 0 Å². The van der Waals surface area contributed by atoms with Crippen molar-refractivity contribution in [3.05, 3.63) is 83.5 Å². The van der Waals surface area contributed by atoms with Crippen LogP contribution in [0.3, 0.4) is 0 Å². The molecule has 1 N–H and O–H groups in total. The van der Waals surface area contributed by atoms with Crippen LogP contribution in [-0.4, -0.2) is 27.6 Å². The van der Waals surface area contributed by atoms with Crippen molar-refractivity contribution in [3.8, 4) is 0 Å². The molecule has 1 aromatic heterocycles. The highest BCUT2D eigenvalue weighted by molar-refractivity contribution is 5.74. The molecule has 6 heteroatoms. The van der Waals surface area contributed by atoms with Crippen molar-refractivity contribution in [2.24, 2.45) is 0 Å². The fraction of sp³-hybridized carbons (Fsp3) is 0.348. The zero-order chi connectivity index (χ0) is 19.9. The highest BCUT2D eigenvalue weighted by Crippen LogP contribution is 2.31. The van der Waals surface area contributed by atoms with Gasteiger partial charge in [-0.3, -0.25) is 0 Å². The number of carbonyl (C=O) groups excluding carboxylic acids is 1. The number of nitrogens with one attached hydrogen (secondary N) is 1. The maximum absolute atomic E-state index is 12.7. The average molecular weight is 390 g/mol. The number of carbonyl (C=O) groups is 1. The van der Waals surface area contributed by atoms with Crippen molar-refractivity contribution >= 4 is 6.03 Å². The summed E-state index contributed by atoms with van der Waals surface area (Å²) in [6, 6.07) is 20.1. The van der Waals surface area contributed by atoms with Crippen molar-refractivity contribution in [2.75, 3.05) is 6.54 Å². The van der Waals surface area contributed by atoms with E-state index >= 15 is 0 Å². The third-order valence-electron chi connectivity index (χ3n) is 5.28. The zero-order valence-corrected chi connectivity index (χ0v) is 16.5. The molecule has 1 atom stereocenters. The van der Waals surface area contributed by atoms with E-state index in [1.54, 1.807) is 0 Å². The zero-order valence-electron chi connectivity index (χ0n) is 16.5. The van der Waals surface area contributed by atoms with Crippen molar-refractivity contribution < 1.29 is 9.32 Å². The Morgan fingerprint density at radius 2 is 1.76 bits per heavy atom. The van der Waals surface area contributed by atoms with Gasteiger partial charge < -0.3 is 14.7 Å². The van der Waals surface area contributed by atoms with Gasteiger partial charge in [0.05, 0.1) is 0 Å². The summed E-state index contributed by atoms with van der Waals surface area (Å²) in [5.74, 6) is 1.26. The summed E-state index contributed by atoms with van der Waals surface area (Å²) >= 11 is 0. The first-order valence-electron chi connectivity index (χ1n) is 10.2. The van der Waals surface area contributed by atoms with Crippen LogP contribution in [0, 0.1) is 0 Å². The van der Waals surface area contributed by atoms with E-state index in [0.29, 0.717) is 24.8 Å². The average Bonchev–Trinajstić information content (AvgIpc) is 3.43. The third kappa shape index (κ3) is 5.02. The van der Waals surface area contributed by atoms with Crippen LogP contribution in [-0.2, 0) is 19.4 Å². The number of hydrogen-bond donors (Lipinski definition) is 1. The number of hydrogen-bond acceptors (Lipinski definition) is 4. The predicted molar refractivity (Wildman–Crippen MR) is 110 cm³/mol.